The van der Waals surface area contributed by atoms with Gasteiger partial charge in [0, 0.05) is 11.7 Å². The zero-order chi connectivity index (χ0) is 9.14. The first-order chi connectivity index (χ1) is 5.63. The van der Waals surface area contributed by atoms with E-state index < -0.39 is 12.5 Å². The Morgan fingerprint density at radius 2 is 2.25 bits per heavy atom. The minimum Gasteiger partial charge on any atom is -0.423 e. The Hall–Kier alpha value is -0.555. The van der Waals surface area contributed by atoms with E-state index in [2.05, 4.69) is 17.6 Å². The van der Waals surface area contributed by atoms with Crippen LogP contribution in [0.15, 0.2) is 18.3 Å². The number of thiol groups is 1. The summed E-state index contributed by atoms with van der Waals surface area (Å²) in [5.74, 6) is 0. The zero-order valence-electron chi connectivity index (χ0n) is 6.25. The fourth-order valence-electron chi connectivity index (χ4n) is 0.895. The van der Waals surface area contributed by atoms with Gasteiger partial charge in [0.25, 0.3) is 0 Å². The monoisotopic (exact) mass is 184 g/mol. The van der Waals surface area contributed by atoms with E-state index in [-0.39, 0.29) is 0 Å². The lowest BCUT2D eigenvalue weighted by molar-refractivity contribution is 0.425. The summed E-state index contributed by atoms with van der Waals surface area (Å²) in [6.07, 6.45) is 1.53. The minimum atomic E-state index is -1.55. The topological polar surface area (TPSA) is 79.4 Å². The summed E-state index contributed by atoms with van der Waals surface area (Å²) < 4.78 is 0. The first-order valence-electron chi connectivity index (χ1n) is 3.37. The van der Waals surface area contributed by atoms with E-state index in [4.69, 9.17) is 15.8 Å². The molecule has 4 nitrogen and oxygen atoms in total. The lowest BCUT2D eigenvalue weighted by Gasteiger charge is -2.08. The van der Waals surface area contributed by atoms with E-state index in [1.165, 1.54) is 6.20 Å². The molecule has 0 saturated carbocycles. The molecule has 1 rings (SSSR count). The predicted molar refractivity (Wildman–Crippen MR) is 50.0 cm³/mol. The highest BCUT2D eigenvalue weighted by Crippen LogP contribution is 2.07. The summed E-state index contributed by atoms with van der Waals surface area (Å²) in [5, 5.41) is 17.2. The van der Waals surface area contributed by atoms with Gasteiger partial charge in [0.1, 0.15) is 0 Å². The largest absolute Gasteiger partial charge is 0.490 e. The Kier molecular flexibility index (Phi) is 3.10. The van der Waals surface area contributed by atoms with Gasteiger partial charge in [-0.1, -0.05) is 6.07 Å². The average Bonchev–Trinajstić information content (AvgIpc) is 2.04. The van der Waals surface area contributed by atoms with Crippen molar-refractivity contribution < 1.29 is 10.0 Å². The van der Waals surface area contributed by atoms with Crippen molar-refractivity contribution in [2.45, 2.75) is 5.37 Å². The molecular formula is C6H9BN2O2S. The molecule has 1 aromatic rings. The zero-order valence-corrected chi connectivity index (χ0v) is 7.15. The second kappa shape index (κ2) is 3.91. The first-order valence-corrected chi connectivity index (χ1v) is 3.89. The molecule has 1 atom stereocenters. The molecule has 1 heterocycles. The van der Waals surface area contributed by atoms with E-state index >= 15 is 0 Å². The molecule has 0 bridgehead atoms. The van der Waals surface area contributed by atoms with Crippen LogP contribution in [0.5, 0.6) is 0 Å². The molecule has 4 N–H and O–H groups in total. The van der Waals surface area contributed by atoms with Gasteiger partial charge in [0.2, 0.25) is 0 Å². The average molecular weight is 184 g/mol. The van der Waals surface area contributed by atoms with Crippen molar-refractivity contribution in [3.8, 4) is 0 Å². The summed E-state index contributed by atoms with van der Waals surface area (Å²) >= 11 is 3.94. The Morgan fingerprint density at radius 3 is 2.67 bits per heavy atom. The molecule has 0 amide bonds. The third-order valence-corrected chi connectivity index (χ3v) is 1.67. The highest BCUT2D eigenvalue weighted by atomic mass is 32.1. The smallest absolute Gasteiger partial charge is 0.423 e. The maximum Gasteiger partial charge on any atom is 0.490 e. The minimum absolute atomic E-state index is 0.292. The van der Waals surface area contributed by atoms with Crippen molar-refractivity contribution in [3.63, 3.8) is 0 Å². The quantitative estimate of drug-likeness (QED) is 0.260. The lowest BCUT2D eigenvalue weighted by atomic mass is 9.79. The van der Waals surface area contributed by atoms with Crippen LogP contribution >= 0.6 is 12.6 Å². The molecule has 0 aromatic carbocycles. The molecule has 0 spiro atoms. The first kappa shape index (κ1) is 9.53. The number of hydrogen-bond donors (Lipinski definition) is 4. The van der Waals surface area contributed by atoms with E-state index in [0.717, 1.165) is 0 Å². The third kappa shape index (κ3) is 1.98. The van der Waals surface area contributed by atoms with Gasteiger partial charge in [-0.2, -0.15) is 12.6 Å². The van der Waals surface area contributed by atoms with Gasteiger partial charge in [-0.15, -0.1) is 0 Å². The number of nitrogens with two attached hydrogens (primary N) is 1. The Morgan fingerprint density at radius 1 is 1.58 bits per heavy atom. The van der Waals surface area contributed by atoms with Gasteiger partial charge >= 0.3 is 7.12 Å². The molecule has 64 valence electrons. The Bertz CT molecular complexity index is 242. The molecule has 0 aliphatic carbocycles. The van der Waals surface area contributed by atoms with Crippen LogP contribution in [0.25, 0.3) is 0 Å². The molecule has 12 heavy (non-hydrogen) atoms. The number of aromatic nitrogens is 1. The highest BCUT2D eigenvalue weighted by molar-refractivity contribution is 7.80. The molecule has 0 aliphatic rings. The molecule has 1 aromatic heterocycles. The fourth-order valence-corrected chi connectivity index (χ4v) is 1.11. The molecule has 0 unspecified atom stereocenters. The van der Waals surface area contributed by atoms with Crippen LogP contribution in [0.2, 0.25) is 0 Å². The predicted octanol–water partition coefficient (Wildman–Crippen LogP) is -1.35. The van der Waals surface area contributed by atoms with Crippen LogP contribution < -0.4 is 11.2 Å². The molecule has 0 aliphatic heterocycles. The molecule has 0 fully saturated rings. The molecular weight excluding hydrogens is 175 g/mol. The van der Waals surface area contributed by atoms with Gasteiger partial charge in [-0.25, -0.2) is 0 Å². The van der Waals surface area contributed by atoms with Gasteiger partial charge in [-0.05, 0) is 6.07 Å². The van der Waals surface area contributed by atoms with Crippen LogP contribution in [0.3, 0.4) is 0 Å². The van der Waals surface area contributed by atoms with Gasteiger partial charge < -0.3 is 15.8 Å². The summed E-state index contributed by atoms with van der Waals surface area (Å²) in [6, 6.07) is 3.15. The SMILES string of the molecule is N[C@H](S)c1ncccc1B(O)O. The molecule has 6 heteroatoms. The van der Waals surface area contributed by atoms with E-state index in [9.17, 15) is 0 Å². The van der Waals surface area contributed by atoms with Crippen LogP contribution in [0, 0.1) is 0 Å². The summed E-state index contributed by atoms with van der Waals surface area (Å²) in [5.41, 5.74) is 6.11. The van der Waals surface area contributed by atoms with E-state index in [1.807, 2.05) is 0 Å². The molecule has 0 radical (unpaired) electrons. The van der Waals surface area contributed by atoms with Crippen molar-refractivity contribution in [3.05, 3.63) is 24.0 Å². The van der Waals surface area contributed by atoms with Crippen molar-refractivity contribution in [1.82, 2.24) is 4.98 Å². The second-order valence-corrected chi connectivity index (χ2v) is 2.85. The fraction of sp³-hybridized carbons (Fsp3) is 0.167. The summed E-state index contributed by atoms with van der Waals surface area (Å²) in [4.78, 5) is 3.88. The van der Waals surface area contributed by atoms with Crippen LogP contribution in [0.1, 0.15) is 11.1 Å². The van der Waals surface area contributed by atoms with E-state index in [1.54, 1.807) is 12.1 Å². The van der Waals surface area contributed by atoms with Crippen molar-refractivity contribution in [2.75, 3.05) is 0 Å². The van der Waals surface area contributed by atoms with Crippen molar-refractivity contribution in [1.29, 1.82) is 0 Å². The number of hydrogen-bond acceptors (Lipinski definition) is 5. The third-order valence-electron chi connectivity index (χ3n) is 1.43. The maximum atomic E-state index is 8.88. The maximum absolute atomic E-state index is 8.88. The second-order valence-electron chi connectivity index (χ2n) is 2.30. The Balaban J connectivity index is 3.09. The Labute approximate surface area is 76.0 Å². The van der Waals surface area contributed by atoms with Gasteiger partial charge in [-0.3, -0.25) is 4.98 Å². The van der Waals surface area contributed by atoms with Gasteiger partial charge in [0.15, 0.2) is 0 Å². The highest BCUT2D eigenvalue weighted by Gasteiger charge is 2.18. The van der Waals surface area contributed by atoms with E-state index in [0.29, 0.717) is 11.2 Å². The number of pyridine rings is 1. The standard InChI is InChI=1S/C6H9BN2O2S/c8-6(12)5-4(7(10)11)2-1-3-9-5/h1-3,6,10-12H,8H2/t6-/m1/s1. The number of nitrogens with zero attached hydrogens (tertiary/aromatic N) is 1. The van der Waals surface area contributed by atoms with Gasteiger partial charge in [0.05, 0.1) is 11.1 Å². The number of rotatable bonds is 2. The van der Waals surface area contributed by atoms with Crippen molar-refractivity contribution in [2.24, 2.45) is 5.73 Å². The van der Waals surface area contributed by atoms with Crippen LogP contribution in [-0.4, -0.2) is 22.2 Å². The normalized spacial score (nSPS) is 12.7. The van der Waals surface area contributed by atoms with Crippen LogP contribution in [-0.2, 0) is 0 Å². The lowest BCUT2D eigenvalue weighted by Crippen LogP contribution is -2.35. The summed E-state index contributed by atoms with van der Waals surface area (Å²) in [6.45, 7) is 0. The molecule has 0 saturated heterocycles. The van der Waals surface area contributed by atoms with Crippen molar-refractivity contribution >= 4 is 25.2 Å². The van der Waals surface area contributed by atoms with Crippen LogP contribution in [0.4, 0.5) is 0 Å². The summed E-state index contributed by atoms with van der Waals surface area (Å²) in [7, 11) is -1.55.